The molecule has 0 spiro atoms. The summed E-state index contributed by atoms with van der Waals surface area (Å²) in [7, 11) is 4.06. The second-order valence-electron chi connectivity index (χ2n) is 6.12. The monoisotopic (exact) mass is 274 g/mol. The van der Waals surface area contributed by atoms with Crippen molar-refractivity contribution in [2.75, 3.05) is 20.7 Å². The molecule has 0 unspecified atom stereocenters. The molecule has 3 atom stereocenters. The summed E-state index contributed by atoms with van der Waals surface area (Å²) in [6.45, 7) is 1.70. The Balaban J connectivity index is 1.62. The van der Waals surface area contributed by atoms with Gasteiger partial charge in [0.2, 0.25) is 0 Å². The van der Waals surface area contributed by atoms with Crippen molar-refractivity contribution < 1.29 is 9.53 Å². The Hall–Kier alpha value is -1.39. The van der Waals surface area contributed by atoms with Gasteiger partial charge in [-0.05, 0) is 44.6 Å². The molecule has 0 aromatic heterocycles. The SMILES string of the molecule is CN(C)Cc1cccc(C(=O)N[C@@H]2C[C@H]3OCC[C@@H]23)c1. The minimum absolute atomic E-state index is 0.0426. The lowest BCUT2D eigenvalue weighted by Gasteiger charge is -2.39. The predicted octanol–water partition coefficient (Wildman–Crippen LogP) is 1.66. The molecule has 1 saturated heterocycles. The molecule has 20 heavy (non-hydrogen) atoms. The molecular formula is C16H22N2O2. The van der Waals surface area contributed by atoms with Gasteiger partial charge in [0.1, 0.15) is 0 Å². The first-order valence-corrected chi connectivity index (χ1v) is 7.29. The number of amides is 1. The quantitative estimate of drug-likeness (QED) is 0.908. The van der Waals surface area contributed by atoms with Crippen molar-refractivity contribution in [3.05, 3.63) is 35.4 Å². The summed E-state index contributed by atoms with van der Waals surface area (Å²) >= 11 is 0. The third-order valence-corrected chi connectivity index (χ3v) is 4.27. The molecular weight excluding hydrogens is 252 g/mol. The molecule has 1 aromatic rings. The number of carbonyl (C=O) groups excluding carboxylic acids is 1. The van der Waals surface area contributed by atoms with E-state index in [-0.39, 0.29) is 5.91 Å². The van der Waals surface area contributed by atoms with Gasteiger partial charge in [-0.2, -0.15) is 0 Å². The van der Waals surface area contributed by atoms with Crippen LogP contribution in [-0.2, 0) is 11.3 Å². The van der Waals surface area contributed by atoms with E-state index in [1.165, 1.54) is 5.56 Å². The number of nitrogens with zero attached hydrogens (tertiary/aromatic N) is 1. The van der Waals surface area contributed by atoms with Crippen molar-refractivity contribution in [1.82, 2.24) is 10.2 Å². The lowest BCUT2D eigenvalue weighted by molar-refractivity contribution is 0.00809. The fourth-order valence-corrected chi connectivity index (χ4v) is 3.19. The van der Waals surface area contributed by atoms with Gasteiger partial charge in [0.05, 0.1) is 6.10 Å². The van der Waals surface area contributed by atoms with Crippen LogP contribution in [0.4, 0.5) is 0 Å². The van der Waals surface area contributed by atoms with Crippen LogP contribution in [0.15, 0.2) is 24.3 Å². The molecule has 1 saturated carbocycles. The van der Waals surface area contributed by atoms with Crippen LogP contribution in [-0.4, -0.2) is 43.7 Å². The first-order valence-electron chi connectivity index (χ1n) is 7.29. The zero-order valence-electron chi connectivity index (χ0n) is 12.1. The van der Waals surface area contributed by atoms with Crippen molar-refractivity contribution in [1.29, 1.82) is 0 Å². The number of rotatable bonds is 4. The Morgan fingerprint density at radius 3 is 3.05 bits per heavy atom. The van der Waals surface area contributed by atoms with Crippen LogP contribution >= 0.6 is 0 Å². The van der Waals surface area contributed by atoms with E-state index in [1.807, 2.05) is 32.3 Å². The fourth-order valence-electron chi connectivity index (χ4n) is 3.19. The molecule has 1 aliphatic heterocycles. The highest BCUT2D eigenvalue weighted by Crippen LogP contribution is 2.38. The molecule has 1 N–H and O–H groups in total. The van der Waals surface area contributed by atoms with Gasteiger partial charge >= 0.3 is 0 Å². The molecule has 1 aliphatic carbocycles. The van der Waals surface area contributed by atoms with Crippen molar-refractivity contribution in [2.24, 2.45) is 5.92 Å². The van der Waals surface area contributed by atoms with Crippen LogP contribution < -0.4 is 5.32 Å². The maximum absolute atomic E-state index is 12.3. The third kappa shape index (κ3) is 2.72. The average molecular weight is 274 g/mol. The molecule has 2 aliphatic rings. The van der Waals surface area contributed by atoms with Gasteiger partial charge in [0.15, 0.2) is 0 Å². The summed E-state index contributed by atoms with van der Waals surface area (Å²) in [6, 6.07) is 8.18. The van der Waals surface area contributed by atoms with Gasteiger partial charge in [0, 0.05) is 30.7 Å². The van der Waals surface area contributed by atoms with Crippen LogP contribution in [0.25, 0.3) is 0 Å². The molecule has 1 aromatic carbocycles. The van der Waals surface area contributed by atoms with Gasteiger partial charge in [0.25, 0.3) is 5.91 Å². The zero-order chi connectivity index (χ0) is 14.1. The van der Waals surface area contributed by atoms with E-state index < -0.39 is 0 Å². The first-order chi connectivity index (χ1) is 9.63. The van der Waals surface area contributed by atoms with Gasteiger partial charge in [-0.15, -0.1) is 0 Å². The Morgan fingerprint density at radius 2 is 2.30 bits per heavy atom. The molecule has 0 radical (unpaired) electrons. The van der Waals surface area contributed by atoms with Gasteiger partial charge in [-0.1, -0.05) is 12.1 Å². The highest BCUT2D eigenvalue weighted by atomic mass is 16.5. The van der Waals surface area contributed by atoms with Crippen molar-refractivity contribution in [2.45, 2.75) is 31.5 Å². The van der Waals surface area contributed by atoms with E-state index in [4.69, 9.17) is 4.74 Å². The lowest BCUT2D eigenvalue weighted by Crippen LogP contribution is -2.53. The van der Waals surface area contributed by atoms with Crippen molar-refractivity contribution in [3.63, 3.8) is 0 Å². The van der Waals surface area contributed by atoms with E-state index in [0.29, 0.717) is 18.1 Å². The van der Waals surface area contributed by atoms with Crippen molar-refractivity contribution >= 4 is 5.91 Å². The number of fused-ring (bicyclic) bond motifs is 1. The largest absolute Gasteiger partial charge is 0.378 e. The van der Waals surface area contributed by atoms with Gasteiger partial charge < -0.3 is 15.0 Å². The number of nitrogens with one attached hydrogen (secondary N) is 1. The molecule has 1 heterocycles. The zero-order valence-corrected chi connectivity index (χ0v) is 12.1. The first kappa shape index (κ1) is 13.6. The number of ether oxygens (including phenoxy) is 1. The minimum Gasteiger partial charge on any atom is -0.378 e. The summed E-state index contributed by atoms with van der Waals surface area (Å²) in [5.74, 6) is 0.574. The number of benzene rings is 1. The standard InChI is InChI=1S/C16H22N2O2/c1-18(2)10-11-4-3-5-12(8-11)16(19)17-14-9-15-13(14)6-7-20-15/h3-5,8,13-15H,6-7,9-10H2,1-2H3,(H,17,19)/t13-,14+,15+/m0/s1. The average Bonchev–Trinajstić information content (AvgIpc) is 2.76. The molecule has 108 valence electrons. The predicted molar refractivity (Wildman–Crippen MR) is 77.6 cm³/mol. The lowest BCUT2D eigenvalue weighted by atomic mass is 9.76. The van der Waals surface area contributed by atoms with Crippen LogP contribution in [0.2, 0.25) is 0 Å². The summed E-state index contributed by atoms with van der Waals surface area (Å²) in [4.78, 5) is 14.4. The normalized spacial score (nSPS) is 28.1. The topological polar surface area (TPSA) is 41.6 Å². The van der Waals surface area contributed by atoms with E-state index in [2.05, 4.69) is 16.3 Å². The molecule has 3 rings (SSSR count). The second-order valence-corrected chi connectivity index (χ2v) is 6.12. The highest BCUT2D eigenvalue weighted by Gasteiger charge is 2.45. The summed E-state index contributed by atoms with van der Waals surface area (Å²) in [5.41, 5.74) is 1.92. The highest BCUT2D eigenvalue weighted by molar-refractivity contribution is 5.94. The number of hydrogen-bond donors (Lipinski definition) is 1. The van der Waals surface area contributed by atoms with Crippen LogP contribution in [0, 0.1) is 5.92 Å². The van der Waals surface area contributed by atoms with Crippen LogP contribution in [0.3, 0.4) is 0 Å². The third-order valence-electron chi connectivity index (χ3n) is 4.27. The Bertz CT molecular complexity index is 501. The van der Waals surface area contributed by atoms with E-state index in [0.717, 1.165) is 31.6 Å². The van der Waals surface area contributed by atoms with E-state index in [9.17, 15) is 4.79 Å². The smallest absolute Gasteiger partial charge is 0.251 e. The van der Waals surface area contributed by atoms with Crippen LogP contribution in [0.5, 0.6) is 0 Å². The maximum atomic E-state index is 12.3. The minimum atomic E-state index is 0.0426. The summed E-state index contributed by atoms with van der Waals surface area (Å²) in [5, 5.41) is 3.15. The van der Waals surface area contributed by atoms with E-state index >= 15 is 0 Å². The molecule has 0 bridgehead atoms. The molecule has 1 amide bonds. The van der Waals surface area contributed by atoms with E-state index in [1.54, 1.807) is 0 Å². The summed E-state index contributed by atoms with van der Waals surface area (Å²) < 4.78 is 5.58. The van der Waals surface area contributed by atoms with Crippen LogP contribution in [0.1, 0.15) is 28.8 Å². The molecule has 2 fully saturated rings. The van der Waals surface area contributed by atoms with Crippen molar-refractivity contribution in [3.8, 4) is 0 Å². The number of carbonyl (C=O) groups is 1. The number of hydrogen-bond acceptors (Lipinski definition) is 3. The van der Waals surface area contributed by atoms with Gasteiger partial charge in [-0.3, -0.25) is 4.79 Å². The Labute approximate surface area is 120 Å². The summed E-state index contributed by atoms with van der Waals surface area (Å²) in [6.07, 6.45) is 2.43. The fraction of sp³-hybridized carbons (Fsp3) is 0.562. The second kappa shape index (κ2) is 5.54. The Morgan fingerprint density at radius 1 is 1.45 bits per heavy atom. The maximum Gasteiger partial charge on any atom is 0.251 e. The Kier molecular flexibility index (Phi) is 3.76. The molecule has 4 heteroatoms. The molecule has 4 nitrogen and oxygen atoms in total. The van der Waals surface area contributed by atoms with Gasteiger partial charge in [-0.25, -0.2) is 0 Å².